The lowest BCUT2D eigenvalue weighted by Crippen LogP contribution is -2.09. The first-order valence-corrected chi connectivity index (χ1v) is 7.42. The topological polar surface area (TPSA) is 72.2 Å². The Hall–Kier alpha value is -2.25. The minimum atomic E-state index is -0.614. The number of halogens is 3. The average molecular weight is 400 g/mol. The highest BCUT2D eigenvalue weighted by Crippen LogP contribution is 2.25. The van der Waals surface area contributed by atoms with Crippen LogP contribution in [0, 0.1) is 15.9 Å². The molecule has 118 valence electrons. The second kappa shape index (κ2) is 7.34. The van der Waals surface area contributed by atoms with Crippen molar-refractivity contribution in [3.63, 3.8) is 0 Å². The Morgan fingerprint density at radius 1 is 1.30 bits per heavy atom. The third-order valence-corrected chi connectivity index (χ3v) is 3.60. The van der Waals surface area contributed by atoms with Gasteiger partial charge in [0.15, 0.2) is 0 Å². The Labute approximate surface area is 144 Å². The van der Waals surface area contributed by atoms with E-state index in [9.17, 15) is 19.3 Å². The van der Waals surface area contributed by atoms with Gasteiger partial charge in [0.1, 0.15) is 10.8 Å². The second-order valence-corrected chi connectivity index (χ2v) is 5.74. The molecule has 5 nitrogen and oxygen atoms in total. The number of anilines is 1. The molecule has 0 radical (unpaired) electrons. The maximum absolute atomic E-state index is 13.6. The summed E-state index contributed by atoms with van der Waals surface area (Å²) in [6.45, 7) is 0. The molecule has 2 aromatic carbocycles. The zero-order chi connectivity index (χ0) is 17.0. The third kappa shape index (κ3) is 4.61. The van der Waals surface area contributed by atoms with Gasteiger partial charge in [-0.3, -0.25) is 14.9 Å². The molecule has 0 aromatic heterocycles. The molecule has 0 aliphatic carbocycles. The van der Waals surface area contributed by atoms with Crippen LogP contribution in [0.5, 0.6) is 0 Å². The van der Waals surface area contributed by atoms with E-state index < -0.39 is 16.6 Å². The number of benzene rings is 2. The van der Waals surface area contributed by atoms with Crippen LogP contribution >= 0.6 is 27.5 Å². The van der Waals surface area contributed by atoms with Crippen molar-refractivity contribution in [3.8, 4) is 0 Å². The number of nitro benzene ring substituents is 1. The van der Waals surface area contributed by atoms with Gasteiger partial charge in [0.2, 0.25) is 5.91 Å². The monoisotopic (exact) mass is 398 g/mol. The summed E-state index contributed by atoms with van der Waals surface area (Å²) in [4.78, 5) is 21.9. The van der Waals surface area contributed by atoms with Gasteiger partial charge in [0.05, 0.1) is 10.6 Å². The maximum atomic E-state index is 13.6. The van der Waals surface area contributed by atoms with Crippen molar-refractivity contribution in [1.82, 2.24) is 0 Å². The lowest BCUT2D eigenvalue weighted by atomic mass is 10.2. The maximum Gasteiger partial charge on any atom is 0.288 e. The van der Waals surface area contributed by atoms with Gasteiger partial charge in [-0.05, 0) is 35.9 Å². The second-order valence-electron chi connectivity index (χ2n) is 4.41. The van der Waals surface area contributed by atoms with Gasteiger partial charge in [-0.1, -0.05) is 33.6 Å². The van der Waals surface area contributed by atoms with Crippen molar-refractivity contribution >= 4 is 50.9 Å². The summed E-state index contributed by atoms with van der Waals surface area (Å²) in [5, 5.41) is 13.2. The van der Waals surface area contributed by atoms with Crippen molar-refractivity contribution in [2.24, 2.45) is 0 Å². The average Bonchev–Trinajstić information content (AvgIpc) is 2.49. The molecule has 0 heterocycles. The first kappa shape index (κ1) is 17.1. The van der Waals surface area contributed by atoms with Gasteiger partial charge in [-0.2, -0.15) is 0 Å². The Kier molecular flexibility index (Phi) is 5.46. The summed E-state index contributed by atoms with van der Waals surface area (Å²) in [6, 6.07) is 8.36. The predicted octanol–water partition coefficient (Wildman–Crippen LogP) is 4.80. The van der Waals surface area contributed by atoms with Crippen LogP contribution in [0.4, 0.5) is 15.8 Å². The smallest absolute Gasteiger partial charge is 0.288 e. The largest absolute Gasteiger partial charge is 0.320 e. The molecule has 2 aromatic rings. The van der Waals surface area contributed by atoms with E-state index in [0.717, 1.165) is 6.08 Å². The quantitative estimate of drug-likeness (QED) is 0.456. The number of nitro groups is 1. The fraction of sp³-hybridized carbons (Fsp3) is 0. The van der Waals surface area contributed by atoms with Gasteiger partial charge < -0.3 is 5.32 Å². The molecule has 0 bridgehead atoms. The number of nitrogens with one attached hydrogen (secondary N) is 1. The predicted molar refractivity (Wildman–Crippen MR) is 89.9 cm³/mol. The van der Waals surface area contributed by atoms with Gasteiger partial charge in [-0.25, -0.2) is 4.39 Å². The van der Waals surface area contributed by atoms with E-state index in [1.807, 2.05) is 0 Å². The summed E-state index contributed by atoms with van der Waals surface area (Å²) in [5.41, 5.74) is 0.200. The molecule has 8 heteroatoms. The Bertz CT molecular complexity index is 811. The van der Waals surface area contributed by atoms with Gasteiger partial charge >= 0.3 is 0 Å². The van der Waals surface area contributed by atoms with Crippen LogP contribution in [0.1, 0.15) is 5.56 Å². The van der Waals surface area contributed by atoms with Crippen molar-refractivity contribution < 1.29 is 14.1 Å². The minimum absolute atomic E-state index is 0.00790. The highest BCUT2D eigenvalue weighted by molar-refractivity contribution is 9.10. The van der Waals surface area contributed by atoms with Gasteiger partial charge in [0.25, 0.3) is 5.69 Å². The highest BCUT2D eigenvalue weighted by Gasteiger charge is 2.12. The third-order valence-electron chi connectivity index (χ3n) is 2.78. The van der Waals surface area contributed by atoms with Crippen molar-refractivity contribution in [2.45, 2.75) is 0 Å². The zero-order valence-electron chi connectivity index (χ0n) is 11.4. The van der Waals surface area contributed by atoms with Crippen LogP contribution in [-0.2, 0) is 4.79 Å². The van der Waals surface area contributed by atoms with Crippen LogP contribution < -0.4 is 5.32 Å². The molecule has 0 saturated heterocycles. The molecule has 0 saturated carbocycles. The fourth-order valence-electron chi connectivity index (χ4n) is 1.71. The molecular weight excluding hydrogens is 391 g/mol. The lowest BCUT2D eigenvalue weighted by Gasteiger charge is -2.04. The van der Waals surface area contributed by atoms with E-state index in [-0.39, 0.29) is 16.4 Å². The number of hydrogen-bond acceptors (Lipinski definition) is 3. The van der Waals surface area contributed by atoms with E-state index in [1.165, 1.54) is 36.4 Å². The molecule has 0 aliphatic rings. The summed E-state index contributed by atoms with van der Waals surface area (Å²) in [5.74, 6) is -1.15. The molecule has 23 heavy (non-hydrogen) atoms. The lowest BCUT2D eigenvalue weighted by molar-refractivity contribution is -0.384. The van der Waals surface area contributed by atoms with E-state index in [1.54, 1.807) is 6.07 Å². The van der Waals surface area contributed by atoms with Crippen LogP contribution in [0.15, 0.2) is 46.9 Å². The molecule has 0 atom stereocenters. The molecule has 2 rings (SSSR count). The van der Waals surface area contributed by atoms with Crippen molar-refractivity contribution in [1.29, 1.82) is 0 Å². The first-order valence-electron chi connectivity index (χ1n) is 6.25. The standard InChI is InChI=1S/C15H9BrClFN2O3/c16-10-3-5-13(12(18)8-10)19-15(21)6-2-9-1-4-11(17)14(7-9)20(22)23/h1-8H,(H,19,21)/b6-2+. The minimum Gasteiger partial charge on any atom is -0.320 e. The number of rotatable bonds is 4. The Morgan fingerprint density at radius 2 is 2.04 bits per heavy atom. The highest BCUT2D eigenvalue weighted by atomic mass is 79.9. The molecule has 1 N–H and O–H groups in total. The molecule has 0 aliphatic heterocycles. The van der Waals surface area contributed by atoms with Crippen LogP contribution in [0.2, 0.25) is 5.02 Å². The Balaban J connectivity index is 2.12. The summed E-state index contributed by atoms with van der Waals surface area (Å²) in [6.07, 6.45) is 2.52. The summed E-state index contributed by atoms with van der Waals surface area (Å²) >= 11 is 8.82. The van der Waals surface area contributed by atoms with Crippen molar-refractivity contribution in [3.05, 3.63) is 73.5 Å². The molecule has 0 unspecified atom stereocenters. The fourth-order valence-corrected chi connectivity index (χ4v) is 2.23. The summed E-state index contributed by atoms with van der Waals surface area (Å²) in [7, 11) is 0. The number of hydrogen-bond donors (Lipinski definition) is 1. The van der Waals surface area contributed by atoms with Crippen LogP contribution in [0.3, 0.4) is 0 Å². The van der Waals surface area contributed by atoms with Crippen LogP contribution in [-0.4, -0.2) is 10.8 Å². The molecule has 1 amide bonds. The first-order chi connectivity index (χ1) is 10.9. The summed E-state index contributed by atoms with van der Waals surface area (Å²) < 4.78 is 14.2. The SMILES string of the molecule is O=C(/C=C/c1ccc(Cl)c([N+](=O)[O-])c1)Nc1ccc(Br)cc1F. The van der Waals surface area contributed by atoms with Gasteiger partial charge in [-0.15, -0.1) is 0 Å². The van der Waals surface area contributed by atoms with Crippen molar-refractivity contribution in [2.75, 3.05) is 5.32 Å². The van der Waals surface area contributed by atoms with E-state index in [0.29, 0.717) is 10.0 Å². The Morgan fingerprint density at radius 3 is 2.70 bits per heavy atom. The van der Waals surface area contributed by atoms with E-state index in [4.69, 9.17) is 11.6 Å². The van der Waals surface area contributed by atoms with E-state index in [2.05, 4.69) is 21.2 Å². The zero-order valence-corrected chi connectivity index (χ0v) is 13.8. The number of carbonyl (C=O) groups is 1. The molecule has 0 fully saturated rings. The number of nitrogens with zero attached hydrogens (tertiary/aromatic N) is 1. The normalized spacial score (nSPS) is 10.7. The molecule has 0 spiro atoms. The van der Waals surface area contributed by atoms with Crippen LogP contribution in [0.25, 0.3) is 6.08 Å². The number of carbonyl (C=O) groups excluding carboxylic acids is 1. The van der Waals surface area contributed by atoms with Gasteiger partial charge in [0, 0.05) is 16.6 Å². The van der Waals surface area contributed by atoms with E-state index >= 15 is 0 Å². The number of amides is 1. The molecular formula is C15H9BrClFN2O3.